The molecule has 8 aliphatic heterocycles. The Bertz CT molecular complexity index is 1550. The monoisotopic (exact) mass is 765 g/mol. The number of fused-ring (bicyclic) bond motifs is 4. The first kappa shape index (κ1) is 36.4. The molecule has 10 fully saturated rings. The predicted octanol–water partition coefficient (Wildman–Crippen LogP) is 8.80. The number of anilines is 1. The second-order valence-corrected chi connectivity index (χ2v) is 18.6. The Labute approximate surface area is 316 Å². The first-order valence-electron chi connectivity index (χ1n) is 19.6. The minimum Gasteiger partial charge on any atom is -0.443 e. The quantitative estimate of drug-likeness (QED) is 0.292. The van der Waals surface area contributed by atoms with Gasteiger partial charge in [0.05, 0.1) is 6.10 Å². The van der Waals surface area contributed by atoms with Crippen molar-refractivity contribution in [2.75, 3.05) is 5.32 Å². The molecule has 1 N–H and O–H groups in total. The lowest BCUT2D eigenvalue weighted by molar-refractivity contribution is -0.573. The molecule has 1 aromatic rings. The highest BCUT2D eigenvalue weighted by molar-refractivity contribution is 6.35. The Hall–Kier alpha value is -1.25. The van der Waals surface area contributed by atoms with E-state index in [1.54, 1.807) is 18.2 Å². The molecule has 8 heterocycles. The van der Waals surface area contributed by atoms with Gasteiger partial charge < -0.3 is 23.7 Å². The maximum Gasteiger partial charge on any atom is 0.411 e. The number of rotatable bonds is 5. The summed E-state index contributed by atoms with van der Waals surface area (Å²) in [4.78, 5) is 38.9. The number of benzene rings is 1. The molecule has 0 radical (unpaired) electrons. The van der Waals surface area contributed by atoms with Crippen molar-refractivity contribution >= 4 is 35.0 Å². The third-order valence-corrected chi connectivity index (χ3v) is 15.1. The second-order valence-electron chi connectivity index (χ2n) is 17.8. The summed E-state index contributed by atoms with van der Waals surface area (Å²) in [5.41, 5.74) is -1.01. The third kappa shape index (κ3) is 5.61. The van der Waals surface area contributed by atoms with Gasteiger partial charge >= 0.3 is 6.09 Å². The van der Waals surface area contributed by atoms with Gasteiger partial charge in [0.2, 0.25) is 11.6 Å². The minimum absolute atomic E-state index is 0.0488. The van der Waals surface area contributed by atoms with Gasteiger partial charge in [-0.3, -0.25) is 5.32 Å². The van der Waals surface area contributed by atoms with Gasteiger partial charge in [-0.25, -0.2) is 24.3 Å². The lowest BCUT2D eigenvalue weighted by Crippen LogP contribution is -2.72. The maximum absolute atomic E-state index is 13.9. The number of carbonyl (C=O) groups is 1. The van der Waals surface area contributed by atoms with Crippen LogP contribution in [0.3, 0.4) is 0 Å². The third-order valence-electron chi connectivity index (χ3n) is 14.7. The van der Waals surface area contributed by atoms with Gasteiger partial charge in [0.25, 0.3) is 0 Å². The molecular formula is C39H53Cl2NO10. The standard InChI is InChI=1S/C39H53Cl2NO10/c1-19-7-9-28-21(3)30(44-33-38(28)26(19)11-13-36(5,47-33)49-51-38)18-31(45-35(43)42-25-16-23(40)15-24(41)17-25)32-22(4)29-10-8-20(2)27-12-14-37(6)48-34(46-32)39(27,29)52-50-37/h15-17,19-22,26-34H,7-14,18H2,1-6H3,(H,42,43)/t19-,20-,21-,22-,26+,27+,28+,29+,30-,31+,32?,33-,34-,36+,37+,38?,39?/m1/s1. The van der Waals surface area contributed by atoms with Crippen molar-refractivity contribution in [1.82, 2.24) is 0 Å². The summed E-state index contributed by atoms with van der Waals surface area (Å²) in [5.74, 6) is -0.318. The molecule has 288 valence electrons. The Morgan fingerprint density at radius 3 is 1.87 bits per heavy atom. The van der Waals surface area contributed by atoms with Gasteiger partial charge in [0.15, 0.2) is 23.8 Å². The lowest BCUT2D eigenvalue weighted by Gasteiger charge is -2.62. The van der Waals surface area contributed by atoms with E-state index in [0.717, 1.165) is 44.9 Å². The Balaban J connectivity index is 1.05. The lowest BCUT2D eigenvalue weighted by atomic mass is 9.56. The molecule has 2 aliphatic carbocycles. The van der Waals surface area contributed by atoms with E-state index in [4.69, 9.17) is 66.4 Å². The van der Waals surface area contributed by atoms with Crippen LogP contribution in [0.1, 0.15) is 99.3 Å². The van der Waals surface area contributed by atoms with Crippen molar-refractivity contribution in [2.24, 2.45) is 47.3 Å². The predicted molar refractivity (Wildman–Crippen MR) is 189 cm³/mol. The van der Waals surface area contributed by atoms with Crippen molar-refractivity contribution in [3.63, 3.8) is 0 Å². The van der Waals surface area contributed by atoms with Crippen LogP contribution in [-0.4, -0.2) is 59.8 Å². The molecule has 2 saturated carbocycles. The van der Waals surface area contributed by atoms with Gasteiger partial charge in [-0.05, 0) is 106 Å². The van der Waals surface area contributed by atoms with Crippen LogP contribution in [-0.2, 0) is 43.2 Å². The Morgan fingerprint density at radius 2 is 1.29 bits per heavy atom. The zero-order valence-electron chi connectivity index (χ0n) is 30.9. The molecule has 13 heteroatoms. The van der Waals surface area contributed by atoms with Crippen LogP contribution in [0.15, 0.2) is 18.2 Å². The zero-order valence-corrected chi connectivity index (χ0v) is 32.5. The fourth-order valence-corrected chi connectivity index (χ4v) is 12.5. The molecule has 4 bridgehead atoms. The van der Waals surface area contributed by atoms with Gasteiger partial charge in [0, 0.05) is 46.8 Å². The molecule has 8 saturated heterocycles. The molecule has 11 nitrogen and oxygen atoms in total. The average Bonchev–Trinajstić information content (AvgIpc) is 3.45. The molecule has 0 aromatic heterocycles. The number of hydrogen-bond acceptors (Lipinski definition) is 10. The van der Waals surface area contributed by atoms with Crippen LogP contribution in [0.5, 0.6) is 0 Å². The number of hydrogen-bond donors (Lipinski definition) is 1. The molecule has 11 rings (SSSR count). The number of halogens is 2. The van der Waals surface area contributed by atoms with Crippen LogP contribution in [0, 0.1) is 47.3 Å². The second kappa shape index (κ2) is 12.9. The van der Waals surface area contributed by atoms with Crippen LogP contribution in [0.25, 0.3) is 0 Å². The van der Waals surface area contributed by atoms with E-state index in [1.807, 2.05) is 13.8 Å². The van der Waals surface area contributed by atoms with E-state index in [2.05, 4.69) is 33.0 Å². The van der Waals surface area contributed by atoms with Gasteiger partial charge in [-0.1, -0.05) is 50.9 Å². The minimum atomic E-state index is -0.930. The molecule has 52 heavy (non-hydrogen) atoms. The molecule has 3 unspecified atom stereocenters. The number of ether oxygens (including phenoxy) is 5. The van der Waals surface area contributed by atoms with Crippen molar-refractivity contribution < 1.29 is 48.0 Å². The van der Waals surface area contributed by atoms with E-state index >= 15 is 0 Å². The summed E-state index contributed by atoms with van der Waals surface area (Å²) in [6.45, 7) is 12.9. The van der Waals surface area contributed by atoms with E-state index in [-0.39, 0.29) is 41.6 Å². The van der Waals surface area contributed by atoms with Gasteiger partial charge in [0.1, 0.15) is 12.2 Å². The Morgan fingerprint density at radius 1 is 0.750 bits per heavy atom. The molecule has 17 atom stereocenters. The maximum atomic E-state index is 13.9. The first-order valence-corrected chi connectivity index (χ1v) is 20.3. The van der Waals surface area contributed by atoms with Crippen LogP contribution < -0.4 is 5.32 Å². The summed E-state index contributed by atoms with van der Waals surface area (Å²) in [6, 6.07) is 4.89. The van der Waals surface area contributed by atoms with Crippen molar-refractivity contribution in [1.29, 1.82) is 0 Å². The Kier molecular flexibility index (Phi) is 9.03. The summed E-state index contributed by atoms with van der Waals surface area (Å²) < 4.78 is 33.9. The van der Waals surface area contributed by atoms with Gasteiger partial charge in [-0.2, -0.15) is 0 Å². The molecule has 1 amide bonds. The van der Waals surface area contributed by atoms with Crippen LogP contribution in [0.4, 0.5) is 10.5 Å². The van der Waals surface area contributed by atoms with E-state index in [0.29, 0.717) is 40.4 Å². The van der Waals surface area contributed by atoms with Crippen LogP contribution >= 0.6 is 23.2 Å². The number of nitrogens with one attached hydrogen (secondary N) is 1. The fraction of sp³-hybridized carbons (Fsp3) is 0.821. The average molecular weight is 767 g/mol. The summed E-state index contributed by atoms with van der Waals surface area (Å²) in [5, 5.41) is 3.67. The summed E-state index contributed by atoms with van der Waals surface area (Å²) in [6.07, 6.45) is 4.25. The molecular weight excluding hydrogens is 713 g/mol. The summed E-state index contributed by atoms with van der Waals surface area (Å²) in [7, 11) is 0. The topological polar surface area (TPSA) is 112 Å². The highest BCUT2D eigenvalue weighted by Gasteiger charge is 2.72. The van der Waals surface area contributed by atoms with E-state index in [9.17, 15) is 4.79 Å². The van der Waals surface area contributed by atoms with Crippen molar-refractivity contribution in [2.45, 2.75) is 153 Å². The highest BCUT2D eigenvalue weighted by Crippen LogP contribution is 2.63. The zero-order chi connectivity index (χ0) is 36.4. The highest BCUT2D eigenvalue weighted by atomic mass is 35.5. The number of carbonyl (C=O) groups excluding carboxylic acids is 1. The smallest absolute Gasteiger partial charge is 0.411 e. The summed E-state index contributed by atoms with van der Waals surface area (Å²) >= 11 is 12.6. The van der Waals surface area contributed by atoms with E-state index < -0.39 is 53.7 Å². The van der Waals surface area contributed by atoms with Crippen LogP contribution in [0.2, 0.25) is 10.0 Å². The SMILES string of the molecule is C[C@H]1[C@@H](C[C@H](OC(=O)Nc2cc(Cl)cc(Cl)c2)C2O[C@@H]3O[C@]4(C)CC[C@H]5[C@H](C)CC[C@@H]([C@H]2C)C35OO4)O[C@@H]2O[C@]3(C)CC[C@H]4[C@H](C)CC[C@@H]1C24OO3. The molecule has 2 spiro atoms. The van der Waals surface area contributed by atoms with E-state index in [1.165, 1.54) is 0 Å². The van der Waals surface area contributed by atoms with Gasteiger partial charge in [-0.15, -0.1) is 0 Å². The normalized spacial score (nSPS) is 51.0. The fourth-order valence-electron chi connectivity index (χ4n) is 12.0. The largest absolute Gasteiger partial charge is 0.443 e. The van der Waals surface area contributed by atoms with Crippen molar-refractivity contribution in [3.05, 3.63) is 28.2 Å². The molecule has 10 aliphatic rings. The first-order chi connectivity index (χ1) is 24.7. The number of amides is 1. The van der Waals surface area contributed by atoms with Crippen molar-refractivity contribution in [3.8, 4) is 0 Å². The molecule has 1 aromatic carbocycles.